The first-order valence-electron chi connectivity index (χ1n) is 4.56. The van der Waals surface area contributed by atoms with E-state index < -0.39 is 0 Å². The predicted molar refractivity (Wildman–Crippen MR) is 52.0 cm³/mol. The fourth-order valence-corrected chi connectivity index (χ4v) is 1.03. The van der Waals surface area contributed by atoms with Crippen molar-refractivity contribution in [3.8, 4) is 0 Å². The highest BCUT2D eigenvalue weighted by Crippen LogP contribution is 2.01. The van der Waals surface area contributed by atoms with Crippen molar-refractivity contribution in [3.05, 3.63) is 0 Å². The molecule has 0 aliphatic heterocycles. The molecule has 0 N–H and O–H groups in total. The van der Waals surface area contributed by atoms with Crippen LogP contribution < -0.4 is 0 Å². The summed E-state index contributed by atoms with van der Waals surface area (Å²) in [7, 11) is 4.28. The van der Waals surface area contributed by atoms with E-state index in [9.17, 15) is 0 Å². The fourth-order valence-electron chi connectivity index (χ4n) is 1.03. The predicted octanol–water partition coefficient (Wildman–Crippen LogP) is 3.51. The van der Waals surface area contributed by atoms with Gasteiger partial charge in [-0.25, -0.2) is 0 Å². The molecule has 0 rings (SSSR count). The number of halogens is 3. The van der Waals surface area contributed by atoms with Gasteiger partial charge in [0, 0.05) is 9.15 Å². The van der Waals surface area contributed by atoms with Crippen LogP contribution in [-0.2, 0) is 0 Å². The Hall–Kier alpha value is -0.250. The molecule has 0 heterocycles. The van der Waals surface area contributed by atoms with Gasteiger partial charge in [0.25, 0.3) is 0 Å². The molecule has 1 nitrogen and oxygen atoms in total. The second kappa shape index (κ2) is 17.7. The number of hydrogen-bond acceptors (Lipinski definition) is 1. The second-order valence-electron chi connectivity index (χ2n) is 3.22. The molecule has 0 aliphatic rings. The average Bonchev–Trinajstić information content (AvgIpc) is 2.07. The van der Waals surface area contributed by atoms with E-state index >= 15 is 0 Å². The van der Waals surface area contributed by atoms with Gasteiger partial charge in [-0.1, -0.05) is 32.6 Å². The summed E-state index contributed by atoms with van der Waals surface area (Å²) in [6, 6.07) is 0. The lowest BCUT2D eigenvalue weighted by atomic mass is 10.1. The summed E-state index contributed by atoms with van der Waals surface area (Å²) >= 11 is 0. The highest BCUT2D eigenvalue weighted by molar-refractivity contribution is 4.45. The van der Waals surface area contributed by atoms with Crippen LogP contribution in [0.2, 0.25) is 0 Å². The highest BCUT2D eigenvalue weighted by Gasteiger charge is 1.89. The van der Waals surface area contributed by atoms with Crippen LogP contribution in [0.4, 0.5) is 13.9 Å². The molecule has 0 aromatic heterocycles. The van der Waals surface area contributed by atoms with Gasteiger partial charge >= 0.3 is 0 Å². The van der Waals surface area contributed by atoms with Crippen LogP contribution in [0.5, 0.6) is 0 Å². The van der Waals surface area contributed by atoms with Gasteiger partial charge in [0.2, 0.25) is 0 Å². The lowest BCUT2D eigenvalue weighted by Gasteiger charge is -2.07. The number of nitrogens with zero attached hydrogens (tertiary/aromatic N) is 1. The lowest BCUT2D eigenvalue weighted by molar-refractivity contribution is 0.108. The summed E-state index contributed by atoms with van der Waals surface area (Å²) in [6.45, 7) is 3.51. The van der Waals surface area contributed by atoms with E-state index in [-0.39, 0.29) is 4.70 Å². The number of rotatable bonds is 6. The van der Waals surface area contributed by atoms with Gasteiger partial charge < -0.3 is 4.90 Å². The van der Waals surface area contributed by atoms with Crippen LogP contribution in [0.25, 0.3) is 0 Å². The van der Waals surface area contributed by atoms with Crippen molar-refractivity contribution in [2.45, 2.75) is 39.0 Å². The second-order valence-corrected chi connectivity index (χ2v) is 3.22. The minimum absolute atomic E-state index is 0. The Kier molecular flexibility index (Phi) is 25.3. The summed E-state index contributed by atoms with van der Waals surface area (Å²) in [5, 5.41) is 0. The van der Waals surface area contributed by atoms with Crippen LogP contribution >= 0.6 is 0 Å². The van der Waals surface area contributed by atoms with Crippen LogP contribution in [0.15, 0.2) is 0 Å². The molecule has 0 bridgehead atoms. The normalized spacial score (nSPS) is 8.77. The maximum Gasteiger partial charge on any atom is 0 e. The maximum atomic E-state index is 8.00. The van der Waals surface area contributed by atoms with E-state index in [1.807, 2.05) is 0 Å². The third kappa shape index (κ3) is 24.5. The SMILES string of the molecule is CCCCCCCN(C)C.F.FF. The zero-order valence-corrected chi connectivity index (χ0v) is 8.85. The molecule has 0 aromatic rings. The fraction of sp³-hybridized carbons (Fsp3) is 1.00. The Morgan fingerprint density at radius 3 is 1.77 bits per heavy atom. The Morgan fingerprint density at radius 1 is 0.923 bits per heavy atom. The van der Waals surface area contributed by atoms with E-state index in [2.05, 4.69) is 25.9 Å². The summed E-state index contributed by atoms with van der Waals surface area (Å²) in [5.74, 6) is 0. The summed E-state index contributed by atoms with van der Waals surface area (Å²) in [5.41, 5.74) is 0. The third-order valence-electron chi connectivity index (χ3n) is 1.71. The van der Waals surface area contributed by atoms with Crippen LogP contribution in [0.3, 0.4) is 0 Å². The van der Waals surface area contributed by atoms with Gasteiger partial charge in [0.15, 0.2) is 0 Å². The minimum atomic E-state index is 0. The Labute approximate surface area is 79.3 Å². The smallest absolute Gasteiger partial charge is 0 e. The molecule has 84 valence electrons. The summed E-state index contributed by atoms with van der Waals surface area (Å²) < 4.78 is 16.0. The zero-order valence-electron chi connectivity index (χ0n) is 8.85. The first kappa shape index (κ1) is 18.5. The molecular weight excluding hydrogens is 179 g/mol. The molecule has 4 heteroatoms. The summed E-state index contributed by atoms with van der Waals surface area (Å²) in [6.07, 6.45) is 6.96. The first-order chi connectivity index (χ1) is 5.77. The molecule has 0 aromatic carbocycles. The number of unbranched alkanes of at least 4 members (excludes halogenated alkanes) is 4. The van der Waals surface area contributed by atoms with Crippen molar-refractivity contribution in [2.24, 2.45) is 0 Å². The van der Waals surface area contributed by atoms with E-state index in [0.717, 1.165) is 0 Å². The maximum absolute atomic E-state index is 8.00. The van der Waals surface area contributed by atoms with Crippen LogP contribution in [-0.4, -0.2) is 25.5 Å². The van der Waals surface area contributed by atoms with Gasteiger partial charge in [0.05, 0.1) is 0 Å². The van der Waals surface area contributed by atoms with E-state index in [1.165, 1.54) is 38.6 Å². The van der Waals surface area contributed by atoms with E-state index in [0.29, 0.717) is 0 Å². The van der Waals surface area contributed by atoms with Crippen molar-refractivity contribution in [1.29, 1.82) is 0 Å². The molecule has 0 atom stereocenters. The minimum Gasteiger partial charge on any atom is -0.309 e. The van der Waals surface area contributed by atoms with Gasteiger partial charge in [-0.15, -0.1) is 0 Å². The Balaban J connectivity index is -0.000000309. The van der Waals surface area contributed by atoms with Gasteiger partial charge in [-0.2, -0.15) is 0 Å². The van der Waals surface area contributed by atoms with Crippen molar-refractivity contribution >= 4 is 0 Å². The van der Waals surface area contributed by atoms with Crippen molar-refractivity contribution in [1.82, 2.24) is 4.90 Å². The third-order valence-corrected chi connectivity index (χ3v) is 1.71. The monoisotopic (exact) mass is 201 g/mol. The molecular formula is C9H22F3N. The van der Waals surface area contributed by atoms with Crippen LogP contribution in [0.1, 0.15) is 39.0 Å². The van der Waals surface area contributed by atoms with Gasteiger partial charge in [-0.3, -0.25) is 4.70 Å². The topological polar surface area (TPSA) is 3.24 Å². The standard InChI is InChI=1S/C9H21N.F2.FH/c1-4-5-6-7-8-9-10(2)3;1-2;/h4-9H2,1-3H3;;1H. The van der Waals surface area contributed by atoms with Crippen LogP contribution in [0, 0.1) is 0 Å². The Morgan fingerprint density at radius 2 is 1.38 bits per heavy atom. The van der Waals surface area contributed by atoms with Crippen molar-refractivity contribution in [3.63, 3.8) is 0 Å². The van der Waals surface area contributed by atoms with Gasteiger partial charge in [0.1, 0.15) is 0 Å². The highest BCUT2D eigenvalue weighted by atomic mass is 20.0. The lowest BCUT2D eigenvalue weighted by Crippen LogP contribution is -2.12. The largest absolute Gasteiger partial charge is 0.309 e. The molecule has 0 aliphatic carbocycles. The van der Waals surface area contributed by atoms with E-state index in [4.69, 9.17) is 9.15 Å². The zero-order chi connectivity index (χ0) is 9.82. The average molecular weight is 201 g/mol. The molecule has 0 saturated carbocycles. The van der Waals surface area contributed by atoms with Gasteiger partial charge in [-0.05, 0) is 27.1 Å². The molecule has 0 unspecified atom stereocenters. The molecule has 0 saturated heterocycles. The summed E-state index contributed by atoms with van der Waals surface area (Å²) in [4.78, 5) is 2.26. The van der Waals surface area contributed by atoms with Crippen molar-refractivity contribution in [2.75, 3.05) is 20.6 Å². The molecule has 0 fully saturated rings. The van der Waals surface area contributed by atoms with Crippen molar-refractivity contribution < 1.29 is 13.9 Å². The molecule has 0 amide bonds. The first-order valence-corrected chi connectivity index (χ1v) is 4.56. The molecule has 13 heavy (non-hydrogen) atoms. The molecule has 0 spiro atoms. The number of hydrogen-bond donors (Lipinski definition) is 0. The Bertz CT molecular complexity index is 69.9. The van der Waals surface area contributed by atoms with E-state index in [1.54, 1.807) is 0 Å². The molecule has 0 radical (unpaired) electrons. The quantitative estimate of drug-likeness (QED) is 0.594.